The van der Waals surface area contributed by atoms with Gasteiger partial charge in [0, 0.05) is 16.9 Å². The van der Waals surface area contributed by atoms with Crippen molar-refractivity contribution >= 4 is 44.8 Å². The molecule has 0 saturated carbocycles. The number of hydrogen-bond donors (Lipinski definition) is 0. The topological polar surface area (TPSA) is 51.0 Å². The molecule has 124 valence electrons. The average molecular weight is 426 g/mol. The summed E-state index contributed by atoms with van der Waals surface area (Å²) in [7, 11) is 1.74. The fraction of sp³-hybridized carbons (Fsp3) is 0.188. The third-order valence-electron chi connectivity index (χ3n) is 3.40. The fourth-order valence-electron chi connectivity index (χ4n) is 2.22. The molecule has 0 spiro atoms. The third kappa shape index (κ3) is 3.68. The second-order valence-electron chi connectivity index (χ2n) is 5.24. The molecule has 0 aliphatic heterocycles. The minimum atomic E-state index is -0.213. The van der Waals surface area contributed by atoms with Gasteiger partial charge in [0.05, 0.1) is 16.0 Å². The predicted molar refractivity (Wildman–Crippen MR) is 98.9 cm³/mol. The minimum absolute atomic E-state index is 0.181. The number of hydrogen-bond acceptors (Lipinski definition) is 4. The molecule has 0 saturated heterocycles. The molecule has 0 radical (unpaired) electrons. The first kappa shape index (κ1) is 17.1. The Hall–Kier alpha value is -1.70. The van der Waals surface area contributed by atoms with Gasteiger partial charge in [0.1, 0.15) is 5.82 Å². The van der Waals surface area contributed by atoms with E-state index in [4.69, 9.17) is 11.6 Å². The highest BCUT2D eigenvalue weighted by Gasteiger charge is 2.19. The second kappa shape index (κ2) is 7.04. The molecule has 0 fully saturated rings. The SMILES string of the molecule is Cc1nc(C(=O)N(C)Cc2ccc(Br)s2)nn1-c1ccc(Cl)cc1. The highest BCUT2D eigenvalue weighted by atomic mass is 79.9. The van der Waals surface area contributed by atoms with E-state index in [-0.39, 0.29) is 11.7 Å². The molecule has 24 heavy (non-hydrogen) atoms. The van der Waals surface area contributed by atoms with Crippen molar-refractivity contribution < 1.29 is 4.79 Å². The van der Waals surface area contributed by atoms with Crippen LogP contribution in [0.3, 0.4) is 0 Å². The second-order valence-corrected chi connectivity index (χ2v) is 8.22. The summed E-state index contributed by atoms with van der Waals surface area (Å²) < 4.78 is 2.68. The number of thiophene rings is 1. The minimum Gasteiger partial charge on any atom is -0.334 e. The van der Waals surface area contributed by atoms with Gasteiger partial charge in [0.2, 0.25) is 5.82 Å². The molecule has 1 amide bonds. The lowest BCUT2D eigenvalue weighted by atomic mass is 10.3. The maximum absolute atomic E-state index is 12.6. The quantitative estimate of drug-likeness (QED) is 0.625. The number of carbonyl (C=O) groups excluding carboxylic acids is 1. The summed E-state index contributed by atoms with van der Waals surface area (Å²) in [5.41, 5.74) is 0.813. The van der Waals surface area contributed by atoms with Gasteiger partial charge in [-0.3, -0.25) is 4.79 Å². The molecular formula is C16H14BrClN4OS. The van der Waals surface area contributed by atoms with Crippen LogP contribution >= 0.6 is 38.9 Å². The Labute approximate surface area is 157 Å². The summed E-state index contributed by atoms with van der Waals surface area (Å²) >= 11 is 10.9. The van der Waals surface area contributed by atoms with Crippen molar-refractivity contribution in [3.8, 4) is 5.69 Å². The molecule has 1 aromatic carbocycles. The van der Waals surface area contributed by atoms with E-state index in [2.05, 4.69) is 26.0 Å². The summed E-state index contributed by atoms with van der Waals surface area (Å²) in [5, 5.41) is 4.99. The largest absolute Gasteiger partial charge is 0.334 e. The summed E-state index contributed by atoms with van der Waals surface area (Å²) in [6, 6.07) is 11.2. The lowest BCUT2D eigenvalue weighted by molar-refractivity contribution is 0.0774. The van der Waals surface area contributed by atoms with Crippen LogP contribution in [0, 0.1) is 6.92 Å². The molecule has 2 heterocycles. The van der Waals surface area contributed by atoms with Crippen LogP contribution in [-0.2, 0) is 6.54 Å². The molecule has 2 aromatic heterocycles. The standard InChI is InChI=1S/C16H14BrClN4OS/c1-10-19-15(20-22(10)12-5-3-11(18)4-6-12)16(23)21(2)9-13-7-8-14(17)24-13/h3-8H,9H2,1-2H3. The number of rotatable bonds is 4. The van der Waals surface area contributed by atoms with E-state index in [1.807, 2.05) is 31.2 Å². The summed E-state index contributed by atoms with van der Waals surface area (Å²) in [6.45, 7) is 2.33. The lowest BCUT2D eigenvalue weighted by Gasteiger charge is -2.13. The molecule has 0 N–H and O–H groups in total. The molecule has 3 rings (SSSR count). The van der Waals surface area contributed by atoms with Gasteiger partial charge in [0.25, 0.3) is 5.91 Å². The van der Waals surface area contributed by atoms with Crippen LogP contribution in [0.25, 0.3) is 5.69 Å². The van der Waals surface area contributed by atoms with Crippen LogP contribution in [0.15, 0.2) is 40.2 Å². The predicted octanol–water partition coefficient (Wildman–Crippen LogP) is 4.33. The van der Waals surface area contributed by atoms with Crippen LogP contribution < -0.4 is 0 Å². The highest BCUT2D eigenvalue weighted by molar-refractivity contribution is 9.11. The van der Waals surface area contributed by atoms with Crippen molar-refractivity contribution in [2.24, 2.45) is 0 Å². The van der Waals surface area contributed by atoms with Crippen molar-refractivity contribution in [1.82, 2.24) is 19.7 Å². The average Bonchev–Trinajstić information content (AvgIpc) is 3.13. The maximum atomic E-state index is 12.6. The molecule has 8 heteroatoms. The van der Waals surface area contributed by atoms with Gasteiger partial charge >= 0.3 is 0 Å². The molecule has 0 atom stereocenters. The number of aromatic nitrogens is 3. The first-order chi connectivity index (χ1) is 11.4. The van der Waals surface area contributed by atoms with Gasteiger partial charge < -0.3 is 4.90 Å². The number of aryl methyl sites for hydroxylation is 1. The Balaban J connectivity index is 1.80. The monoisotopic (exact) mass is 424 g/mol. The zero-order valence-electron chi connectivity index (χ0n) is 13.0. The smallest absolute Gasteiger partial charge is 0.293 e. The molecule has 5 nitrogen and oxygen atoms in total. The molecule has 0 aliphatic carbocycles. The van der Waals surface area contributed by atoms with Crippen molar-refractivity contribution in [3.63, 3.8) is 0 Å². The molecule has 0 bridgehead atoms. The lowest BCUT2D eigenvalue weighted by Crippen LogP contribution is -2.27. The summed E-state index contributed by atoms with van der Waals surface area (Å²) in [6.07, 6.45) is 0. The van der Waals surface area contributed by atoms with Gasteiger partial charge in [-0.2, -0.15) is 0 Å². The van der Waals surface area contributed by atoms with Crippen molar-refractivity contribution in [2.75, 3.05) is 7.05 Å². The van der Waals surface area contributed by atoms with E-state index in [1.165, 1.54) is 0 Å². The van der Waals surface area contributed by atoms with E-state index in [9.17, 15) is 4.79 Å². The first-order valence-electron chi connectivity index (χ1n) is 7.13. The van der Waals surface area contributed by atoms with Gasteiger partial charge in [-0.1, -0.05) is 11.6 Å². The van der Waals surface area contributed by atoms with Crippen molar-refractivity contribution in [3.05, 3.63) is 61.7 Å². The van der Waals surface area contributed by atoms with E-state index in [0.717, 1.165) is 14.4 Å². The Morgan fingerprint density at radius 3 is 2.62 bits per heavy atom. The molecular weight excluding hydrogens is 412 g/mol. The zero-order valence-corrected chi connectivity index (χ0v) is 16.2. The van der Waals surface area contributed by atoms with Crippen LogP contribution in [-0.4, -0.2) is 32.6 Å². The van der Waals surface area contributed by atoms with Crippen LogP contribution in [0.4, 0.5) is 0 Å². The number of nitrogens with zero attached hydrogens (tertiary/aromatic N) is 4. The number of carbonyl (C=O) groups is 1. The Morgan fingerprint density at radius 1 is 1.29 bits per heavy atom. The third-order valence-corrected chi connectivity index (χ3v) is 5.26. The Bertz CT molecular complexity index is 875. The molecule has 0 unspecified atom stereocenters. The van der Waals surface area contributed by atoms with E-state index >= 15 is 0 Å². The maximum Gasteiger partial charge on any atom is 0.293 e. The van der Waals surface area contributed by atoms with Crippen LogP contribution in [0.2, 0.25) is 5.02 Å². The Kier molecular flexibility index (Phi) is 5.03. The highest BCUT2D eigenvalue weighted by Crippen LogP contribution is 2.23. The Morgan fingerprint density at radius 2 is 2.00 bits per heavy atom. The number of benzene rings is 1. The van der Waals surface area contributed by atoms with Gasteiger partial charge in [-0.05, 0) is 59.3 Å². The summed E-state index contributed by atoms with van der Waals surface area (Å²) in [4.78, 5) is 19.6. The van der Waals surface area contributed by atoms with Gasteiger partial charge in [0.15, 0.2) is 0 Å². The number of halogens is 2. The fourth-order valence-corrected chi connectivity index (χ4v) is 3.88. The molecule has 3 aromatic rings. The van der Waals surface area contributed by atoms with Gasteiger partial charge in [-0.25, -0.2) is 9.67 Å². The zero-order chi connectivity index (χ0) is 17.3. The van der Waals surface area contributed by atoms with Crippen molar-refractivity contribution in [2.45, 2.75) is 13.5 Å². The van der Waals surface area contributed by atoms with E-state index < -0.39 is 0 Å². The van der Waals surface area contributed by atoms with E-state index in [1.54, 1.807) is 40.1 Å². The normalized spacial score (nSPS) is 10.8. The molecule has 0 aliphatic rings. The van der Waals surface area contributed by atoms with Crippen LogP contribution in [0.5, 0.6) is 0 Å². The van der Waals surface area contributed by atoms with Gasteiger partial charge in [-0.15, -0.1) is 16.4 Å². The van der Waals surface area contributed by atoms with Crippen molar-refractivity contribution in [1.29, 1.82) is 0 Å². The summed E-state index contributed by atoms with van der Waals surface area (Å²) in [5.74, 6) is 0.615. The number of amides is 1. The first-order valence-corrected chi connectivity index (χ1v) is 9.12. The van der Waals surface area contributed by atoms with Crippen LogP contribution in [0.1, 0.15) is 21.3 Å². The van der Waals surface area contributed by atoms with E-state index in [0.29, 0.717) is 17.4 Å².